The van der Waals surface area contributed by atoms with Crippen LogP contribution in [0.4, 0.5) is 15.9 Å². The lowest BCUT2D eigenvalue weighted by atomic mass is 10.2. The Balaban J connectivity index is 0.00000272. The number of anilines is 2. The van der Waals surface area contributed by atoms with Gasteiger partial charge in [-0.05, 0) is 42.0 Å². The van der Waals surface area contributed by atoms with Crippen molar-refractivity contribution in [1.82, 2.24) is 9.97 Å². The highest BCUT2D eigenvalue weighted by Gasteiger charge is 2.10. The number of aliphatic hydroxyl groups is 1. The van der Waals surface area contributed by atoms with Crippen molar-refractivity contribution in [1.29, 1.82) is 0 Å². The van der Waals surface area contributed by atoms with Crippen molar-refractivity contribution in [3.8, 4) is 17.6 Å². The zero-order valence-corrected chi connectivity index (χ0v) is 18.3. The molecule has 4 aromatic rings. The van der Waals surface area contributed by atoms with Gasteiger partial charge in [-0.15, -0.1) is 23.7 Å². The topological polar surface area (TPSA) is 67.3 Å². The first-order chi connectivity index (χ1) is 14.6. The third-order valence-corrected chi connectivity index (χ3v) is 5.42. The summed E-state index contributed by atoms with van der Waals surface area (Å²) < 4.78 is 19.8. The number of ether oxygens (including phenoxy) is 1. The summed E-state index contributed by atoms with van der Waals surface area (Å²) in [4.78, 5) is 9.37. The Hall–Kier alpha value is -2.89. The first-order valence-electron chi connectivity index (χ1n) is 8.90. The SMILES string of the molecule is Cl.OCC#Cc1cc2ncnc(Nc3ccc(OCc4cccc(F)c4)c(Cl)c3)c2s1. The van der Waals surface area contributed by atoms with Crippen molar-refractivity contribution < 1.29 is 14.2 Å². The van der Waals surface area contributed by atoms with Crippen LogP contribution >= 0.6 is 35.3 Å². The second-order valence-corrected chi connectivity index (χ2v) is 7.66. The summed E-state index contributed by atoms with van der Waals surface area (Å²) in [5, 5.41) is 12.5. The molecule has 0 atom stereocenters. The van der Waals surface area contributed by atoms with Crippen LogP contribution in [0.3, 0.4) is 0 Å². The average molecular weight is 476 g/mol. The molecule has 0 saturated carbocycles. The fourth-order valence-corrected chi connectivity index (χ4v) is 3.92. The minimum atomic E-state index is -0.308. The van der Waals surface area contributed by atoms with E-state index >= 15 is 0 Å². The number of fused-ring (bicyclic) bond motifs is 1. The Labute approximate surface area is 193 Å². The number of thiophene rings is 1. The lowest BCUT2D eigenvalue weighted by Gasteiger charge is -2.11. The van der Waals surface area contributed by atoms with Crippen LogP contribution in [0.2, 0.25) is 5.02 Å². The number of nitrogens with one attached hydrogen (secondary N) is 1. The number of aromatic nitrogens is 2. The van der Waals surface area contributed by atoms with Crippen LogP contribution in [0.5, 0.6) is 5.75 Å². The minimum Gasteiger partial charge on any atom is -0.487 e. The number of nitrogens with zero attached hydrogens (tertiary/aromatic N) is 2. The Morgan fingerprint density at radius 1 is 1.16 bits per heavy atom. The Bertz CT molecular complexity index is 1270. The van der Waals surface area contributed by atoms with Gasteiger partial charge < -0.3 is 15.2 Å². The molecular weight excluding hydrogens is 460 g/mol. The quantitative estimate of drug-likeness (QED) is 0.369. The van der Waals surface area contributed by atoms with E-state index in [9.17, 15) is 4.39 Å². The van der Waals surface area contributed by atoms with Gasteiger partial charge in [-0.1, -0.05) is 35.6 Å². The van der Waals surface area contributed by atoms with Gasteiger partial charge >= 0.3 is 0 Å². The fourth-order valence-electron chi connectivity index (χ4n) is 2.75. The summed E-state index contributed by atoms with van der Waals surface area (Å²) in [6.45, 7) is 0.0147. The Kier molecular flexibility index (Phi) is 7.66. The maximum atomic E-state index is 13.3. The van der Waals surface area contributed by atoms with Crippen molar-refractivity contribution in [3.05, 3.63) is 76.1 Å². The zero-order chi connectivity index (χ0) is 20.9. The first-order valence-corrected chi connectivity index (χ1v) is 10.1. The molecule has 0 saturated heterocycles. The maximum absolute atomic E-state index is 13.3. The largest absolute Gasteiger partial charge is 0.487 e. The average Bonchev–Trinajstić information content (AvgIpc) is 3.16. The molecule has 2 aromatic carbocycles. The maximum Gasteiger partial charge on any atom is 0.151 e. The highest BCUT2D eigenvalue weighted by atomic mass is 35.5. The molecule has 0 aliphatic carbocycles. The normalized spacial score (nSPS) is 10.2. The lowest BCUT2D eigenvalue weighted by Crippen LogP contribution is -1.98. The van der Waals surface area contributed by atoms with Gasteiger partial charge in [0.2, 0.25) is 0 Å². The van der Waals surface area contributed by atoms with Gasteiger partial charge in [-0.25, -0.2) is 14.4 Å². The summed E-state index contributed by atoms with van der Waals surface area (Å²) in [7, 11) is 0. The van der Waals surface area contributed by atoms with E-state index in [1.54, 1.807) is 24.3 Å². The van der Waals surface area contributed by atoms with Crippen LogP contribution in [0, 0.1) is 17.7 Å². The van der Waals surface area contributed by atoms with Crippen molar-refractivity contribution >= 4 is 57.1 Å². The highest BCUT2D eigenvalue weighted by Crippen LogP contribution is 2.33. The van der Waals surface area contributed by atoms with Crippen molar-refractivity contribution in [2.75, 3.05) is 11.9 Å². The molecule has 0 fully saturated rings. The van der Waals surface area contributed by atoms with E-state index < -0.39 is 0 Å². The molecule has 5 nitrogen and oxygen atoms in total. The van der Waals surface area contributed by atoms with Gasteiger partial charge in [0.15, 0.2) is 5.82 Å². The Morgan fingerprint density at radius 2 is 2.03 bits per heavy atom. The summed E-state index contributed by atoms with van der Waals surface area (Å²) in [5.41, 5.74) is 2.21. The molecule has 0 amide bonds. The Morgan fingerprint density at radius 3 is 2.81 bits per heavy atom. The van der Waals surface area contributed by atoms with E-state index in [1.165, 1.54) is 29.8 Å². The summed E-state index contributed by atoms with van der Waals surface area (Å²) in [6.07, 6.45) is 1.47. The van der Waals surface area contributed by atoms with E-state index in [2.05, 4.69) is 27.1 Å². The van der Waals surface area contributed by atoms with Crippen LogP contribution in [0.15, 0.2) is 54.9 Å². The highest BCUT2D eigenvalue weighted by molar-refractivity contribution is 7.20. The van der Waals surface area contributed by atoms with E-state index in [0.717, 1.165) is 26.3 Å². The van der Waals surface area contributed by atoms with Crippen LogP contribution in [0.25, 0.3) is 10.2 Å². The zero-order valence-electron chi connectivity index (χ0n) is 15.9. The minimum absolute atomic E-state index is 0. The first kappa shape index (κ1) is 22.8. The molecule has 2 aromatic heterocycles. The van der Waals surface area contributed by atoms with Crippen LogP contribution in [-0.4, -0.2) is 21.7 Å². The molecule has 2 heterocycles. The second kappa shape index (κ2) is 10.4. The predicted molar refractivity (Wildman–Crippen MR) is 124 cm³/mol. The van der Waals surface area contributed by atoms with E-state index in [0.29, 0.717) is 16.6 Å². The number of hydrogen-bond donors (Lipinski definition) is 2. The van der Waals surface area contributed by atoms with Crippen LogP contribution in [-0.2, 0) is 6.61 Å². The van der Waals surface area contributed by atoms with Gasteiger partial charge in [0.1, 0.15) is 31.1 Å². The number of aliphatic hydroxyl groups excluding tert-OH is 1. The van der Waals surface area contributed by atoms with Crippen molar-refractivity contribution in [2.45, 2.75) is 6.61 Å². The van der Waals surface area contributed by atoms with Crippen LogP contribution < -0.4 is 10.1 Å². The standard InChI is InChI=1S/C22H15ClFN3O2S.ClH/c23-18-10-16(6-7-20(18)29-12-14-3-1-4-15(24)9-14)27-22-21-19(25-13-26-22)11-17(30-21)5-2-8-28;/h1,3-4,6-7,9-11,13,28H,8,12H2,(H,25,26,27);1H. The molecule has 0 radical (unpaired) electrons. The molecule has 9 heteroatoms. The van der Waals surface area contributed by atoms with Crippen molar-refractivity contribution in [2.24, 2.45) is 0 Å². The molecule has 0 aliphatic heterocycles. The molecule has 2 N–H and O–H groups in total. The van der Waals surface area contributed by atoms with Gasteiger partial charge in [0, 0.05) is 5.69 Å². The van der Waals surface area contributed by atoms with Crippen LogP contribution in [0.1, 0.15) is 10.4 Å². The number of rotatable bonds is 5. The summed E-state index contributed by atoms with van der Waals surface area (Å²) in [6, 6.07) is 13.4. The lowest BCUT2D eigenvalue weighted by molar-refractivity contribution is 0.306. The number of halogens is 3. The third kappa shape index (κ3) is 5.63. The third-order valence-electron chi connectivity index (χ3n) is 4.08. The van der Waals surface area contributed by atoms with E-state index in [-0.39, 0.29) is 31.4 Å². The van der Waals surface area contributed by atoms with Gasteiger partial charge in [0.25, 0.3) is 0 Å². The molecular formula is C22H16Cl2FN3O2S. The second-order valence-electron chi connectivity index (χ2n) is 6.20. The fraction of sp³-hybridized carbons (Fsp3) is 0.0909. The number of benzene rings is 2. The van der Waals surface area contributed by atoms with E-state index in [4.69, 9.17) is 21.4 Å². The van der Waals surface area contributed by atoms with E-state index in [1.807, 2.05) is 12.1 Å². The summed E-state index contributed by atoms with van der Waals surface area (Å²) in [5.74, 6) is 6.33. The molecule has 31 heavy (non-hydrogen) atoms. The monoisotopic (exact) mass is 475 g/mol. The molecule has 4 rings (SSSR count). The van der Waals surface area contributed by atoms with Crippen molar-refractivity contribution in [3.63, 3.8) is 0 Å². The predicted octanol–water partition coefficient (Wildman–Crippen LogP) is 5.57. The number of hydrogen-bond acceptors (Lipinski definition) is 6. The molecule has 0 unspecified atom stereocenters. The molecule has 158 valence electrons. The van der Waals surface area contributed by atoms with Gasteiger partial charge in [0.05, 0.1) is 20.1 Å². The molecule has 0 bridgehead atoms. The van der Waals surface area contributed by atoms with Gasteiger partial charge in [-0.3, -0.25) is 0 Å². The van der Waals surface area contributed by atoms with Gasteiger partial charge in [-0.2, -0.15) is 0 Å². The smallest absolute Gasteiger partial charge is 0.151 e. The molecule has 0 aliphatic rings. The summed E-state index contributed by atoms with van der Waals surface area (Å²) >= 11 is 7.80. The molecule has 0 spiro atoms.